The summed E-state index contributed by atoms with van der Waals surface area (Å²) < 4.78 is 17.4. The van der Waals surface area contributed by atoms with Gasteiger partial charge in [-0.2, -0.15) is 0 Å². The highest BCUT2D eigenvalue weighted by molar-refractivity contribution is 5.94. The lowest BCUT2D eigenvalue weighted by Crippen LogP contribution is -2.36. The van der Waals surface area contributed by atoms with E-state index in [1.807, 2.05) is 6.92 Å². The molecule has 2 saturated heterocycles. The largest absolute Gasteiger partial charge is 0.491 e. The minimum atomic E-state index is 0.584. The summed E-state index contributed by atoms with van der Waals surface area (Å²) in [7, 11) is 2.12. The predicted octanol–water partition coefficient (Wildman–Crippen LogP) is 5.36. The molecule has 0 atom stereocenters. The van der Waals surface area contributed by atoms with Crippen LogP contribution in [0.2, 0.25) is 0 Å². The van der Waals surface area contributed by atoms with Gasteiger partial charge in [-0.1, -0.05) is 30.3 Å². The van der Waals surface area contributed by atoms with E-state index in [1.165, 1.54) is 11.4 Å². The lowest BCUT2D eigenvalue weighted by molar-refractivity contribution is 0.122. The Balaban J connectivity index is 1.50. The topological polar surface area (TPSA) is 37.4 Å². The summed E-state index contributed by atoms with van der Waals surface area (Å²) in [5.41, 5.74) is 6.78. The van der Waals surface area contributed by atoms with Gasteiger partial charge in [0.1, 0.15) is 0 Å². The molecule has 194 valence electrons. The highest BCUT2D eigenvalue weighted by Gasteiger charge is 2.20. The molecule has 0 radical (unpaired) electrons. The van der Waals surface area contributed by atoms with Crippen molar-refractivity contribution >= 4 is 28.5 Å². The highest BCUT2D eigenvalue weighted by atomic mass is 16.5. The van der Waals surface area contributed by atoms with Crippen LogP contribution in [0.4, 0.5) is 17.1 Å². The minimum Gasteiger partial charge on any atom is -0.491 e. The van der Waals surface area contributed by atoms with Gasteiger partial charge in [0.15, 0.2) is 5.76 Å². The van der Waals surface area contributed by atoms with Gasteiger partial charge in [-0.25, -0.2) is 0 Å². The van der Waals surface area contributed by atoms with Crippen LogP contribution in [-0.4, -0.2) is 66.3 Å². The molecular formula is C31H37N3O3. The number of nitrogens with zero attached hydrogens (tertiary/aromatic N) is 3. The van der Waals surface area contributed by atoms with Crippen LogP contribution in [0.15, 0.2) is 78.9 Å². The van der Waals surface area contributed by atoms with Crippen molar-refractivity contribution in [2.75, 3.05) is 81.0 Å². The first-order chi connectivity index (χ1) is 18.2. The van der Waals surface area contributed by atoms with Crippen molar-refractivity contribution in [1.29, 1.82) is 0 Å². The average molecular weight is 500 g/mol. The van der Waals surface area contributed by atoms with E-state index in [2.05, 4.69) is 101 Å². The van der Waals surface area contributed by atoms with Crippen LogP contribution >= 0.6 is 0 Å². The van der Waals surface area contributed by atoms with Crippen molar-refractivity contribution in [2.45, 2.75) is 6.92 Å². The molecule has 3 aromatic carbocycles. The third kappa shape index (κ3) is 5.92. The minimum absolute atomic E-state index is 0.584. The third-order valence-corrected chi connectivity index (χ3v) is 7.01. The van der Waals surface area contributed by atoms with E-state index in [1.54, 1.807) is 0 Å². The number of anilines is 3. The van der Waals surface area contributed by atoms with Crippen molar-refractivity contribution in [3.8, 4) is 0 Å². The number of benzene rings is 3. The Bertz CT molecular complexity index is 1150. The van der Waals surface area contributed by atoms with E-state index in [0.29, 0.717) is 6.61 Å². The van der Waals surface area contributed by atoms with Crippen LogP contribution in [0.3, 0.4) is 0 Å². The summed E-state index contributed by atoms with van der Waals surface area (Å²) in [6.07, 6.45) is 0. The first-order valence-corrected chi connectivity index (χ1v) is 13.3. The predicted molar refractivity (Wildman–Crippen MR) is 152 cm³/mol. The molecule has 37 heavy (non-hydrogen) atoms. The second-order valence-electron chi connectivity index (χ2n) is 9.30. The maximum Gasteiger partial charge on any atom is 0.150 e. The molecule has 6 nitrogen and oxygen atoms in total. The van der Waals surface area contributed by atoms with Gasteiger partial charge in [0.2, 0.25) is 0 Å². The molecule has 0 aliphatic carbocycles. The Morgan fingerprint density at radius 1 is 0.703 bits per heavy atom. The number of rotatable bonds is 8. The fourth-order valence-electron chi connectivity index (χ4n) is 4.99. The quantitative estimate of drug-likeness (QED) is 0.307. The van der Waals surface area contributed by atoms with Gasteiger partial charge in [0, 0.05) is 61.4 Å². The van der Waals surface area contributed by atoms with Crippen molar-refractivity contribution < 1.29 is 14.2 Å². The van der Waals surface area contributed by atoms with E-state index in [0.717, 1.165) is 80.9 Å². The molecule has 0 aromatic heterocycles. The first kappa shape index (κ1) is 25.2. The van der Waals surface area contributed by atoms with Gasteiger partial charge in [-0.15, -0.1) is 0 Å². The zero-order valence-corrected chi connectivity index (χ0v) is 21.9. The SMILES string of the molecule is CCO/C(=C(/c1ccccc1)N(C)c1ccc(N2CCOCC2)cc1)c1ccc(N2CCOCC2)cc1. The molecule has 0 saturated carbocycles. The molecular weight excluding hydrogens is 462 g/mol. The Labute approximate surface area is 220 Å². The molecule has 2 heterocycles. The van der Waals surface area contributed by atoms with Gasteiger partial charge in [-0.3, -0.25) is 0 Å². The molecule has 5 rings (SSSR count). The Morgan fingerprint density at radius 3 is 1.73 bits per heavy atom. The van der Waals surface area contributed by atoms with Gasteiger partial charge in [0.05, 0.1) is 38.7 Å². The molecule has 2 fully saturated rings. The van der Waals surface area contributed by atoms with E-state index in [-0.39, 0.29) is 0 Å². The maximum atomic E-state index is 6.37. The molecule has 2 aliphatic rings. The zero-order valence-electron chi connectivity index (χ0n) is 21.9. The van der Waals surface area contributed by atoms with Gasteiger partial charge < -0.3 is 28.9 Å². The fraction of sp³-hybridized carbons (Fsp3) is 0.355. The van der Waals surface area contributed by atoms with Crippen LogP contribution in [0, 0.1) is 0 Å². The van der Waals surface area contributed by atoms with E-state index in [9.17, 15) is 0 Å². The van der Waals surface area contributed by atoms with Gasteiger partial charge in [0.25, 0.3) is 0 Å². The summed E-state index contributed by atoms with van der Waals surface area (Å²) >= 11 is 0. The lowest BCUT2D eigenvalue weighted by Gasteiger charge is -2.30. The smallest absolute Gasteiger partial charge is 0.150 e. The monoisotopic (exact) mass is 499 g/mol. The maximum absolute atomic E-state index is 6.37. The summed E-state index contributed by atoms with van der Waals surface area (Å²) in [5, 5.41) is 0. The van der Waals surface area contributed by atoms with Crippen molar-refractivity contribution in [3.05, 3.63) is 90.0 Å². The fourth-order valence-corrected chi connectivity index (χ4v) is 4.99. The molecule has 3 aromatic rings. The number of hydrogen-bond acceptors (Lipinski definition) is 6. The molecule has 0 spiro atoms. The van der Waals surface area contributed by atoms with E-state index in [4.69, 9.17) is 14.2 Å². The Morgan fingerprint density at radius 2 is 1.22 bits per heavy atom. The summed E-state index contributed by atoms with van der Waals surface area (Å²) in [6, 6.07) is 28.0. The van der Waals surface area contributed by atoms with E-state index >= 15 is 0 Å². The summed E-state index contributed by atoms with van der Waals surface area (Å²) in [5.74, 6) is 0.877. The van der Waals surface area contributed by atoms with Crippen LogP contribution in [0.5, 0.6) is 0 Å². The normalized spacial score (nSPS) is 16.8. The van der Waals surface area contributed by atoms with Crippen LogP contribution in [0.25, 0.3) is 11.5 Å². The van der Waals surface area contributed by atoms with E-state index < -0.39 is 0 Å². The summed E-state index contributed by atoms with van der Waals surface area (Å²) in [4.78, 5) is 6.99. The third-order valence-electron chi connectivity index (χ3n) is 7.01. The standard InChI is InChI=1S/C31H37N3O3/c1-3-37-31(26-9-11-28(12-10-26)33-17-21-35-22-18-33)30(25-7-5-4-6-8-25)32(2)27-13-15-29(16-14-27)34-19-23-36-24-20-34/h4-16H,3,17-24H2,1-2H3/b31-30-. The second-order valence-corrected chi connectivity index (χ2v) is 9.30. The number of morpholine rings is 2. The number of hydrogen-bond donors (Lipinski definition) is 0. The van der Waals surface area contributed by atoms with Crippen LogP contribution in [0.1, 0.15) is 18.1 Å². The van der Waals surface area contributed by atoms with Crippen molar-refractivity contribution in [1.82, 2.24) is 0 Å². The Kier molecular flexibility index (Phi) is 8.28. The van der Waals surface area contributed by atoms with Crippen molar-refractivity contribution in [3.63, 3.8) is 0 Å². The molecule has 0 amide bonds. The molecule has 0 N–H and O–H groups in total. The van der Waals surface area contributed by atoms with Crippen LogP contribution in [-0.2, 0) is 14.2 Å². The zero-order chi connectivity index (χ0) is 25.5. The number of ether oxygens (including phenoxy) is 3. The molecule has 0 bridgehead atoms. The Hall–Kier alpha value is -3.48. The van der Waals surface area contributed by atoms with Gasteiger partial charge in [-0.05, 0) is 55.5 Å². The average Bonchev–Trinajstić information content (AvgIpc) is 2.98. The summed E-state index contributed by atoms with van der Waals surface area (Å²) in [6.45, 7) is 9.45. The highest BCUT2D eigenvalue weighted by Crippen LogP contribution is 2.34. The van der Waals surface area contributed by atoms with Gasteiger partial charge >= 0.3 is 0 Å². The van der Waals surface area contributed by atoms with Crippen molar-refractivity contribution in [2.24, 2.45) is 0 Å². The molecule has 2 aliphatic heterocycles. The van der Waals surface area contributed by atoms with Crippen LogP contribution < -0.4 is 14.7 Å². The molecule has 6 heteroatoms. The second kappa shape index (κ2) is 12.2. The molecule has 0 unspecified atom stereocenters. The first-order valence-electron chi connectivity index (χ1n) is 13.3. The lowest BCUT2D eigenvalue weighted by atomic mass is 10.0.